The van der Waals surface area contributed by atoms with Gasteiger partial charge in [0.25, 0.3) is 10.1 Å². The fourth-order valence-electron chi connectivity index (χ4n) is 3.10. The zero-order valence-corrected chi connectivity index (χ0v) is 19.6. The quantitative estimate of drug-likeness (QED) is 0.0996. The van der Waals surface area contributed by atoms with Crippen molar-refractivity contribution >= 4 is 33.7 Å². The van der Waals surface area contributed by atoms with Crippen molar-refractivity contribution in [2.45, 2.75) is 85.5 Å². The Hall–Kier alpha value is -0.520. The highest BCUT2D eigenvalue weighted by molar-refractivity contribution is 7.94. The molecular weight excluding hydrogens is 420 g/mol. The fraction of sp³-hybridized carbons (Fsp3) is 0.895. The minimum Gasteiger partial charge on any atom is -0.300 e. The van der Waals surface area contributed by atoms with Crippen molar-refractivity contribution in [1.82, 2.24) is 0 Å². The molecule has 0 unspecified atom stereocenters. The lowest BCUT2D eigenvalue weighted by atomic mass is 9.88. The predicted molar refractivity (Wildman–Crippen MR) is 113 cm³/mol. The molecule has 172 valence electrons. The summed E-state index contributed by atoms with van der Waals surface area (Å²) in [4.78, 5) is 23.9. The van der Waals surface area contributed by atoms with E-state index < -0.39 is 15.5 Å². The van der Waals surface area contributed by atoms with Gasteiger partial charge in [-0.1, -0.05) is 32.7 Å². The van der Waals surface area contributed by atoms with Gasteiger partial charge in [0.15, 0.2) is 0 Å². The number of hydrogen-bond donors (Lipinski definition) is 2. The van der Waals surface area contributed by atoms with Crippen LogP contribution in [0.15, 0.2) is 0 Å². The van der Waals surface area contributed by atoms with Gasteiger partial charge in [-0.3, -0.25) is 14.1 Å². The lowest BCUT2D eigenvalue weighted by Crippen LogP contribution is -2.23. The van der Waals surface area contributed by atoms with Crippen LogP contribution in [0.25, 0.3) is 0 Å². The minimum absolute atomic E-state index is 0.0530. The highest BCUT2D eigenvalue weighted by Crippen LogP contribution is 2.28. The Labute approximate surface area is 178 Å². The first-order valence-electron chi connectivity index (χ1n) is 9.85. The molecule has 8 nitrogen and oxygen atoms in total. The Balaban J connectivity index is 3.89. The molecule has 10 heteroatoms. The fourth-order valence-corrected chi connectivity index (χ4v) is 4.79. The van der Waals surface area contributed by atoms with Gasteiger partial charge in [-0.15, -0.1) is 4.33 Å². The van der Waals surface area contributed by atoms with Crippen molar-refractivity contribution < 1.29 is 37.2 Å². The van der Waals surface area contributed by atoms with Crippen LogP contribution in [0.2, 0.25) is 0 Å². The van der Waals surface area contributed by atoms with E-state index in [1.807, 2.05) is 13.8 Å². The van der Waals surface area contributed by atoms with Crippen molar-refractivity contribution in [3.8, 4) is 0 Å². The lowest BCUT2D eigenvalue weighted by molar-refractivity contribution is -0.432. The van der Waals surface area contributed by atoms with E-state index in [1.54, 1.807) is 13.8 Å². The van der Waals surface area contributed by atoms with Crippen molar-refractivity contribution in [2.75, 3.05) is 11.5 Å². The molecule has 0 rings (SSSR count). The molecule has 0 amide bonds. The monoisotopic (exact) mass is 456 g/mol. The number of ketones is 2. The first kappa shape index (κ1) is 28.5. The molecule has 0 saturated heterocycles. The van der Waals surface area contributed by atoms with Crippen LogP contribution in [0.1, 0.15) is 85.5 Å². The topological polar surface area (TPSA) is 127 Å². The third-order valence-corrected chi connectivity index (χ3v) is 6.83. The molecule has 0 aromatic heterocycles. The summed E-state index contributed by atoms with van der Waals surface area (Å²) in [5.41, 5.74) is -0.629. The molecule has 0 aromatic carbocycles. The van der Waals surface area contributed by atoms with E-state index in [1.165, 1.54) is 0 Å². The van der Waals surface area contributed by atoms with Gasteiger partial charge < -0.3 is 0 Å². The van der Waals surface area contributed by atoms with Crippen LogP contribution in [0.3, 0.4) is 0 Å². The summed E-state index contributed by atoms with van der Waals surface area (Å²) >= 11 is 1.01. The maximum absolute atomic E-state index is 12.0. The zero-order valence-electron chi connectivity index (χ0n) is 17.9. The third-order valence-electron chi connectivity index (χ3n) is 4.63. The maximum Gasteiger partial charge on any atom is 0.265 e. The first-order chi connectivity index (χ1) is 13.3. The van der Waals surface area contributed by atoms with Crippen molar-refractivity contribution in [2.24, 2.45) is 10.8 Å². The lowest BCUT2D eigenvalue weighted by Gasteiger charge is -2.22. The summed E-state index contributed by atoms with van der Waals surface area (Å²) in [6, 6.07) is 0. The number of carbonyl (C=O) groups is 2. The molecule has 0 bridgehead atoms. The highest BCUT2D eigenvalue weighted by atomic mass is 32.2. The Bertz CT molecular complexity index is 599. The Kier molecular flexibility index (Phi) is 13.5. The van der Waals surface area contributed by atoms with E-state index >= 15 is 0 Å². The van der Waals surface area contributed by atoms with Crippen molar-refractivity contribution in [3.63, 3.8) is 0 Å². The average molecular weight is 457 g/mol. The molecule has 0 fully saturated rings. The molecule has 0 atom stereocenters. The summed E-state index contributed by atoms with van der Waals surface area (Å²) in [6.45, 7) is 7.58. The van der Waals surface area contributed by atoms with Gasteiger partial charge in [0, 0.05) is 43.5 Å². The van der Waals surface area contributed by atoms with Crippen LogP contribution >= 0.6 is 12.0 Å². The summed E-state index contributed by atoms with van der Waals surface area (Å²) < 4.78 is 35.3. The van der Waals surface area contributed by atoms with Gasteiger partial charge in [0.2, 0.25) is 0 Å². The molecule has 0 aliphatic carbocycles. The Morgan fingerprint density at radius 1 is 0.862 bits per heavy atom. The summed E-state index contributed by atoms with van der Waals surface area (Å²) in [6.07, 6.45) is 4.78. The summed E-state index contributed by atoms with van der Waals surface area (Å²) in [5, 5.41) is 11.7. The van der Waals surface area contributed by atoms with Crippen LogP contribution < -0.4 is 0 Å². The van der Waals surface area contributed by atoms with E-state index in [2.05, 4.69) is 9.37 Å². The van der Waals surface area contributed by atoms with E-state index in [4.69, 9.17) is 9.81 Å². The van der Waals surface area contributed by atoms with E-state index in [9.17, 15) is 18.0 Å². The van der Waals surface area contributed by atoms with Gasteiger partial charge in [-0.05, 0) is 42.9 Å². The van der Waals surface area contributed by atoms with Crippen LogP contribution in [0.4, 0.5) is 0 Å². The Morgan fingerprint density at radius 3 is 1.76 bits per heavy atom. The molecule has 0 radical (unpaired) electrons. The first-order valence-corrected chi connectivity index (χ1v) is 12.4. The van der Waals surface area contributed by atoms with E-state index in [-0.39, 0.29) is 22.7 Å². The van der Waals surface area contributed by atoms with Crippen LogP contribution in [-0.4, -0.2) is 41.3 Å². The number of carbonyl (C=O) groups excluding carboxylic acids is 2. The van der Waals surface area contributed by atoms with Crippen LogP contribution in [0.5, 0.6) is 0 Å². The minimum atomic E-state index is -4.02. The summed E-state index contributed by atoms with van der Waals surface area (Å²) in [5.74, 6) is 0.521. The van der Waals surface area contributed by atoms with Crippen LogP contribution in [-0.2, 0) is 29.1 Å². The molecule has 0 aliphatic heterocycles. The van der Waals surface area contributed by atoms with Gasteiger partial charge >= 0.3 is 0 Å². The molecule has 2 N–H and O–H groups in total. The second kappa shape index (κ2) is 13.7. The zero-order chi connectivity index (χ0) is 22.6. The smallest absolute Gasteiger partial charge is 0.265 e. The standard InChI is InChI=1S/C19H36O8S2/c1-18(2,14-28-27-26-22)12-6-10-16(20)8-5-9-17(21)11-7-13-19(3,4)15-29(23,24)25/h22H,5-15H2,1-4H3,(H,23,24,25). The molecule has 0 spiro atoms. The molecule has 29 heavy (non-hydrogen) atoms. The number of hydrogen-bond acceptors (Lipinski definition) is 8. The van der Waals surface area contributed by atoms with Gasteiger partial charge in [0.1, 0.15) is 11.6 Å². The second-order valence-electron chi connectivity index (χ2n) is 9.10. The van der Waals surface area contributed by atoms with Crippen molar-refractivity contribution in [1.29, 1.82) is 0 Å². The van der Waals surface area contributed by atoms with Gasteiger partial charge in [0.05, 0.1) is 5.75 Å². The van der Waals surface area contributed by atoms with Crippen LogP contribution in [0, 0.1) is 10.8 Å². The van der Waals surface area contributed by atoms with Gasteiger partial charge in [-0.25, -0.2) is 5.26 Å². The Morgan fingerprint density at radius 2 is 1.31 bits per heavy atom. The van der Waals surface area contributed by atoms with E-state index in [0.29, 0.717) is 50.7 Å². The molecular formula is C19H36O8S2. The highest BCUT2D eigenvalue weighted by Gasteiger charge is 2.24. The average Bonchev–Trinajstić information content (AvgIpc) is 2.52. The summed E-state index contributed by atoms with van der Waals surface area (Å²) in [7, 11) is -4.02. The van der Waals surface area contributed by atoms with Gasteiger partial charge in [-0.2, -0.15) is 8.42 Å². The normalized spacial score (nSPS) is 12.9. The molecule has 0 saturated carbocycles. The SMILES string of the molecule is CC(C)(CCCC(=O)CCCC(=O)CCCC(C)(C)CS(=O)(=O)O)CSOOO. The molecule has 0 heterocycles. The van der Waals surface area contributed by atoms with E-state index in [0.717, 1.165) is 24.9 Å². The van der Waals surface area contributed by atoms with Crippen molar-refractivity contribution in [3.05, 3.63) is 0 Å². The number of Topliss-reactive ketones (excluding diaryl/α,β-unsaturated/α-hetero) is 2. The third kappa shape index (κ3) is 18.0. The number of rotatable bonds is 18. The molecule has 0 aliphatic rings. The largest absolute Gasteiger partial charge is 0.300 e. The molecule has 0 aromatic rings. The second-order valence-corrected chi connectivity index (χ2v) is 11.2. The maximum atomic E-state index is 12.0. The predicted octanol–water partition coefficient (Wildman–Crippen LogP) is 4.65.